The molecule has 0 aliphatic carbocycles. The van der Waals surface area contributed by atoms with Crippen molar-refractivity contribution in [3.63, 3.8) is 0 Å². The van der Waals surface area contributed by atoms with Crippen molar-refractivity contribution in [1.29, 1.82) is 0 Å². The number of likely N-dealkylation sites (tertiary alicyclic amines) is 1. The monoisotopic (exact) mass is 367 g/mol. The molecule has 3 nitrogen and oxygen atoms in total. The van der Waals surface area contributed by atoms with Gasteiger partial charge in [-0.05, 0) is 43.0 Å². The lowest BCUT2D eigenvalue weighted by atomic mass is 9.93. The first-order valence-electron chi connectivity index (χ1n) is 9.39. The van der Waals surface area contributed by atoms with E-state index in [1.165, 1.54) is 11.0 Å². The molecule has 0 N–H and O–H groups in total. The molecule has 0 spiro atoms. The summed E-state index contributed by atoms with van der Waals surface area (Å²) in [6, 6.07) is 12.7. The van der Waals surface area contributed by atoms with Crippen LogP contribution in [0.5, 0.6) is 0 Å². The van der Waals surface area contributed by atoms with Gasteiger partial charge in [-0.15, -0.1) is 0 Å². The number of nitrogens with zero attached hydrogens (tertiary/aromatic N) is 1. The predicted octanol–water partition coefficient (Wildman–Crippen LogP) is 4.91. The van der Waals surface area contributed by atoms with Gasteiger partial charge in [0.15, 0.2) is 0 Å². The number of benzene rings is 2. The summed E-state index contributed by atoms with van der Waals surface area (Å²) in [6.07, 6.45) is 1.73. The summed E-state index contributed by atoms with van der Waals surface area (Å²) in [6.45, 7) is 7.45. The van der Waals surface area contributed by atoms with E-state index in [0.717, 1.165) is 16.7 Å². The fraction of sp³-hybridized carbons (Fsp3) is 0.391. The van der Waals surface area contributed by atoms with E-state index in [1.54, 1.807) is 6.07 Å². The quantitative estimate of drug-likeness (QED) is 0.773. The average Bonchev–Trinajstić information content (AvgIpc) is 2.96. The smallest absolute Gasteiger partial charge is 0.234 e. The van der Waals surface area contributed by atoms with Gasteiger partial charge in [0.1, 0.15) is 5.82 Å². The predicted molar refractivity (Wildman–Crippen MR) is 105 cm³/mol. The first kappa shape index (κ1) is 19.3. The van der Waals surface area contributed by atoms with Crippen LogP contribution >= 0.6 is 0 Å². The number of aryl methyl sites for hydroxylation is 1. The van der Waals surface area contributed by atoms with Crippen molar-refractivity contribution in [2.75, 3.05) is 0 Å². The standard InChI is InChI=1S/C23H26FNO2/c1-15-5-11-20(24)19(13-15)17-8-6-16(7-9-17)14-18-10-12-21(26)25(18)22(27)23(2,3)4/h5-9,11,13,18H,10,12,14H2,1-4H3/t18-/m0/s1. The molecule has 142 valence electrons. The maximum Gasteiger partial charge on any atom is 0.234 e. The lowest BCUT2D eigenvalue weighted by molar-refractivity contribution is -0.149. The molecular weight excluding hydrogens is 341 g/mol. The molecule has 1 aliphatic heterocycles. The molecule has 27 heavy (non-hydrogen) atoms. The van der Waals surface area contributed by atoms with E-state index in [0.29, 0.717) is 24.8 Å². The zero-order valence-electron chi connectivity index (χ0n) is 16.4. The number of carbonyl (C=O) groups is 2. The minimum Gasteiger partial charge on any atom is -0.279 e. The first-order chi connectivity index (χ1) is 12.7. The minimum absolute atomic E-state index is 0.0848. The molecule has 1 atom stereocenters. The van der Waals surface area contributed by atoms with Crippen LogP contribution in [0.1, 0.15) is 44.7 Å². The molecule has 1 aliphatic rings. The fourth-order valence-electron chi connectivity index (χ4n) is 3.53. The lowest BCUT2D eigenvalue weighted by Crippen LogP contribution is -2.45. The van der Waals surface area contributed by atoms with Gasteiger partial charge < -0.3 is 0 Å². The lowest BCUT2D eigenvalue weighted by Gasteiger charge is -2.29. The summed E-state index contributed by atoms with van der Waals surface area (Å²) in [5.74, 6) is -0.441. The Bertz CT molecular complexity index is 865. The van der Waals surface area contributed by atoms with E-state index in [4.69, 9.17) is 0 Å². The number of amides is 2. The van der Waals surface area contributed by atoms with Crippen LogP contribution in [-0.2, 0) is 16.0 Å². The topological polar surface area (TPSA) is 37.4 Å². The normalized spacial score (nSPS) is 17.4. The number of halogens is 1. The van der Waals surface area contributed by atoms with Crippen molar-refractivity contribution in [2.24, 2.45) is 5.41 Å². The zero-order valence-corrected chi connectivity index (χ0v) is 16.4. The van der Waals surface area contributed by atoms with Crippen LogP contribution in [0.4, 0.5) is 4.39 Å². The summed E-state index contributed by atoms with van der Waals surface area (Å²) in [4.78, 5) is 26.3. The number of carbonyl (C=O) groups excluding carboxylic acids is 2. The molecule has 0 saturated carbocycles. The average molecular weight is 367 g/mol. The largest absolute Gasteiger partial charge is 0.279 e. The highest BCUT2D eigenvalue weighted by Gasteiger charge is 2.40. The van der Waals surface area contributed by atoms with E-state index < -0.39 is 5.41 Å². The van der Waals surface area contributed by atoms with Crippen molar-refractivity contribution in [3.8, 4) is 11.1 Å². The minimum atomic E-state index is -0.579. The molecule has 2 aromatic rings. The Labute approximate surface area is 160 Å². The number of hydrogen-bond acceptors (Lipinski definition) is 2. The van der Waals surface area contributed by atoms with Crippen molar-refractivity contribution >= 4 is 11.8 Å². The zero-order chi connectivity index (χ0) is 19.8. The van der Waals surface area contributed by atoms with E-state index in [-0.39, 0.29) is 23.7 Å². The molecular formula is C23H26FNO2. The summed E-state index contributed by atoms with van der Waals surface area (Å²) >= 11 is 0. The third kappa shape index (κ3) is 4.10. The maximum atomic E-state index is 14.1. The Morgan fingerprint density at radius 3 is 2.44 bits per heavy atom. The number of rotatable bonds is 3. The molecule has 1 heterocycles. The van der Waals surface area contributed by atoms with Gasteiger partial charge in [-0.25, -0.2) is 4.39 Å². The van der Waals surface area contributed by atoms with Crippen LogP contribution in [0.2, 0.25) is 0 Å². The molecule has 0 radical (unpaired) electrons. The third-order valence-electron chi connectivity index (χ3n) is 5.04. The van der Waals surface area contributed by atoms with E-state index >= 15 is 0 Å². The highest BCUT2D eigenvalue weighted by Crippen LogP contribution is 2.29. The summed E-state index contributed by atoms with van der Waals surface area (Å²) in [5.41, 5.74) is 2.88. The van der Waals surface area contributed by atoms with E-state index in [9.17, 15) is 14.0 Å². The van der Waals surface area contributed by atoms with Gasteiger partial charge in [0.25, 0.3) is 0 Å². The third-order valence-corrected chi connectivity index (χ3v) is 5.04. The van der Waals surface area contributed by atoms with Crippen molar-refractivity contribution in [1.82, 2.24) is 4.90 Å². The number of hydrogen-bond donors (Lipinski definition) is 0. The van der Waals surface area contributed by atoms with Crippen LogP contribution in [0.25, 0.3) is 11.1 Å². The van der Waals surface area contributed by atoms with Crippen molar-refractivity contribution in [2.45, 2.75) is 53.0 Å². The van der Waals surface area contributed by atoms with Crippen LogP contribution in [0.15, 0.2) is 42.5 Å². The van der Waals surface area contributed by atoms with Gasteiger partial charge in [-0.2, -0.15) is 0 Å². The van der Waals surface area contributed by atoms with Crippen molar-refractivity contribution in [3.05, 3.63) is 59.4 Å². The molecule has 2 amide bonds. The van der Waals surface area contributed by atoms with E-state index in [1.807, 2.05) is 58.0 Å². The highest BCUT2D eigenvalue weighted by molar-refractivity contribution is 5.99. The SMILES string of the molecule is Cc1ccc(F)c(-c2ccc(C[C@@H]3CCC(=O)N3C(=O)C(C)(C)C)cc2)c1. The summed E-state index contributed by atoms with van der Waals surface area (Å²) < 4.78 is 14.1. The second kappa shape index (κ2) is 7.26. The van der Waals surface area contributed by atoms with Crippen LogP contribution < -0.4 is 0 Å². The molecule has 2 aromatic carbocycles. The molecule has 1 saturated heterocycles. The first-order valence-corrected chi connectivity index (χ1v) is 9.39. The van der Waals surface area contributed by atoms with Gasteiger partial charge in [0, 0.05) is 23.4 Å². The Hall–Kier alpha value is -2.49. The van der Waals surface area contributed by atoms with Gasteiger partial charge in [-0.3, -0.25) is 14.5 Å². The van der Waals surface area contributed by atoms with Crippen LogP contribution in [0.3, 0.4) is 0 Å². The van der Waals surface area contributed by atoms with Crippen LogP contribution in [-0.4, -0.2) is 22.8 Å². The van der Waals surface area contributed by atoms with Gasteiger partial charge >= 0.3 is 0 Å². The maximum absolute atomic E-state index is 14.1. The molecule has 1 fully saturated rings. The number of imide groups is 1. The molecule has 4 heteroatoms. The Kier molecular flexibility index (Phi) is 5.18. The van der Waals surface area contributed by atoms with E-state index in [2.05, 4.69) is 0 Å². The van der Waals surface area contributed by atoms with Crippen LogP contribution in [0, 0.1) is 18.2 Å². The van der Waals surface area contributed by atoms with Gasteiger partial charge in [0.2, 0.25) is 11.8 Å². The Morgan fingerprint density at radius 2 is 1.81 bits per heavy atom. The molecule has 0 bridgehead atoms. The highest BCUT2D eigenvalue weighted by atomic mass is 19.1. The summed E-state index contributed by atoms with van der Waals surface area (Å²) in [7, 11) is 0. The van der Waals surface area contributed by atoms with Crippen molar-refractivity contribution < 1.29 is 14.0 Å². The molecule has 3 rings (SSSR count). The summed E-state index contributed by atoms with van der Waals surface area (Å²) in [5, 5.41) is 0. The molecule has 0 unspecified atom stereocenters. The second-order valence-corrected chi connectivity index (χ2v) is 8.40. The van der Waals surface area contributed by atoms with Gasteiger partial charge in [0.05, 0.1) is 0 Å². The Balaban J connectivity index is 1.79. The second-order valence-electron chi connectivity index (χ2n) is 8.40. The Morgan fingerprint density at radius 1 is 1.15 bits per heavy atom. The van der Waals surface area contributed by atoms with Gasteiger partial charge in [-0.1, -0.05) is 56.7 Å². The molecule has 0 aromatic heterocycles. The fourth-order valence-corrected chi connectivity index (χ4v) is 3.53.